The molecule has 0 spiro atoms. The van der Waals surface area contributed by atoms with Gasteiger partial charge < -0.3 is 18.8 Å². The maximum Gasteiger partial charge on any atom is 0.354 e. The Morgan fingerprint density at radius 2 is 1.53 bits per heavy atom. The molecule has 0 bridgehead atoms. The molecule has 1 heterocycles. The minimum Gasteiger partial charge on any atom is -0.493 e. The van der Waals surface area contributed by atoms with Gasteiger partial charge in [-0.2, -0.15) is 0 Å². The Bertz CT molecular complexity index is 1210. The molecule has 0 aliphatic carbocycles. The smallest absolute Gasteiger partial charge is 0.354 e. The predicted octanol–water partition coefficient (Wildman–Crippen LogP) is 6.77. The predicted molar refractivity (Wildman–Crippen MR) is 143 cm³/mol. The molecule has 194 valence electrons. The van der Waals surface area contributed by atoms with Gasteiger partial charge in [0.25, 0.3) is 0 Å². The van der Waals surface area contributed by atoms with Crippen LogP contribution in [0.15, 0.2) is 42.5 Å². The van der Waals surface area contributed by atoms with E-state index >= 15 is 0 Å². The Balaban J connectivity index is 2.01. The summed E-state index contributed by atoms with van der Waals surface area (Å²) in [4.78, 5) is 26.2. The van der Waals surface area contributed by atoms with Crippen molar-refractivity contribution in [3.05, 3.63) is 59.3 Å². The van der Waals surface area contributed by atoms with E-state index < -0.39 is 0 Å². The van der Waals surface area contributed by atoms with Crippen molar-refractivity contribution in [2.75, 3.05) is 19.8 Å². The molecule has 3 rings (SSSR count). The van der Waals surface area contributed by atoms with Crippen LogP contribution >= 0.6 is 0 Å². The average Bonchev–Trinajstić information content (AvgIpc) is 3.18. The second kappa shape index (κ2) is 12.1. The fourth-order valence-corrected chi connectivity index (χ4v) is 3.92. The van der Waals surface area contributed by atoms with Gasteiger partial charge >= 0.3 is 5.97 Å². The van der Waals surface area contributed by atoms with Crippen molar-refractivity contribution in [3.63, 3.8) is 0 Å². The number of ether oxygens (including phenoxy) is 3. The molecule has 6 heteroatoms. The van der Waals surface area contributed by atoms with Gasteiger partial charge in [0, 0.05) is 29.1 Å². The van der Waals surface area contributed by atoms with E-state index in [9.17, 15) is 9.59 Å². The molecule has 0 radical (unpaired) electrons. The maximum absolute atomic E-state index is 13.6. The molecule has 36 heavy (non-hydrogen) atoms. The normalized spacial score (nSPS) is 11.5. The molecule has 0 N–H and O–H groups in total. The lowest BCUT2D eigenvalue weighted by Gasteiger charge is -2.16. The maximum atomic E-state index is 13.6. The standard InChI is InChI=1S/C30H39NO5/c1-8-34-30(33)27-14-23-13-22(9-12-26(23)31(27)16-19(2)3)29(32)25-11-10-24(35-17-20(4)5)15-28(25)36-18-21(6)7/h9-15,19-21H,8,16-18H2,1-7H3. The van der Waals surface area contributed by atoms with E-state index in [0.717, 1.165) is 10.9 Å². The van der Waals surface area contributed by atoms with E-state index in [0.29, 0.717) is 72.4 Å². The van der Waals surface area contributed by atoms with Crippen LogP contribution < -0.4 is 9.47 Å². The fraction of sp³-hybridized carbons (Fsp3) is 0.467. The summed E-state index contributed by atoms with van der Waals surface area (Å²) in [6.07, 6.45) is 0. The highest BCUT2D eigenvalue weighted by atomic mass is 16.5. The van der Waals surface area contributed by atoms with E-state index in [4.69, 9.17) is 14.2 Å². The van der Waals surface area contributed by atoms with E-state index in [1.807, 2.05) is 34.9 Å². The summed E-state index contributed by atoms with van der Waals surface area (Å²) in [6, 6.07) is 12.8. The zero-order chi connectivity index (χ0) is 26.4. The number of fused-ring (bicyclic) bond motifs is 1. The minimum atomic E-state index is -0.358. The van der Waals surface area contributed by atoms with Crippen LogP contribution in [0, 0.1) is 17.8 Å². The Kier molecular flexibility index (Phi) is 9.19. The van der Waals surface area contributed by atoms with Gasteiger partial charge in [-0.3, -0.25) is 4.79 Å². The molecule has 0 saturated heterocycles. The number of carbonyl (C=O) groups excluding carboxylic acids is 2. The fourth-order valence-electron chi connectivity index (χ4n) is 3.92. The number of nitrogens with zero attached hydrogens (tertiary/aromatic N) is 1. The lowest BCUT2D eigenvalue weighted by molar-refractivity contribution is 0.0513. The summed E-state index contributed by atoms with van der Waals surface area (Å²) in [5, 5.41) is 0.825. The Morgan fingerprint density at radius 3 is 2.17 bits per heavy atom. The lowest BCUT2D eigenvalue weighted by Crippen LogP contribution is -2.14. The van der Waals surface area contributed by atoms with Gasteiger partial charge in [0.1, 0.15) is 17.2 Å². The van der Waals surface area contributed by atoms with Crippen LogP contribution in [-0.4, -0.2) is 36.1 Å². The third-order valence-electron chi connectivity index (χ3n) is 5.55. The largest absolute Gasteiger partial charge is 0.493 e. The lowest BCUT2D eigenvalue weighted by atomic mass is 10.0. The molecule has 0 saturated carbocycles. The van der Waals surface area contributed by atoms with Gasteiger partial charge in [0.2, 0.25) is 0 Å². The summed E-state index contributed by atoms with van der Waals surface area (Å²) >= 11 is 0. The number of benzene rings is 2. The van der Waals surface area contributed by atoms with Crippen LogP contribution in [0.4, 0.5) is 0 Å². The van der Waals surface area contributed by atoms with Gasteiger partial charge in [-0.05, 0) is 61.1 Å². The molecule has 0 fully saturated rings. The van der Waals surface area contributed by atoms with Gasteiger partial charge in [0.05, 0.1) is 25.4 Å². The quantitative estimate of drug-likeness (QED) is 0.206. The number of hydrogen-bond donors (Lipinski definition) is 0. The molecule has 2 aromatic carbocycles. The summed E-state index contributed by atoms with van der Waals surface area (Å²) in [5.41, 5.74) is 2.42. The first-order chi connectivity index (χ1) is 17.1. The first kappa shape index (κ1) is 27.3. The topological polar surface area (TPSA) is 66.8 Å². The molecular weight excluding hydrogens is 454 g/mol. The van der Waals surface area contributed by atoms with Crippen LogP contribution in [0.1, 0.15) is 74.9 Å². The molecule has 0 amide bonds. The third-order valence-corrected chi connectivity index (χ3v) is 5.55. The number of rotatable bonds is 12. The van der Waals surface area contributed by atoms with E-state index in [1.54, 1.807) is 19.1 Å². The highest BCUT2D eigenvalue weighted by Crippen LogP contribution is 2.30. The van der Waals surface area contributed by atoms with Gasteiger partial charge in [-0.1, -0.05) is 41.5 Å². The highest BCUT2D eigenvalue weighted by Gasteiger charge is 2.21. The third kappa shape index (κ3) is 6.68. The first-order valence-corrected chi connectivity index (χ1v) is 12.8. The van der Waals surface area contributed by atoms with Gasteiger partial charge in [-0.15, -0.1) is 0 Å². The van der Waals surface area contributed by atoms with Crippen molar-refractivity contribution >= 4 is 22.7 Å². The Morgan fingerprint density at radius 1 is 0.833 bits per heavy atom. The van der Waals surface area contributed by atoms with Crippen LogP contribution in [0.25, 0.3) is 10.9 Å². The number of aromatic nitrogens is 1. The minimum absolute atomic E-state index is 0.139. The SMILES string of the molecule is CCOC(=O)c1cc2cc(C(=O)c3ccc(OCC(C)C)cc3OCC(C)C)ccc2n1CC(C)C. The van der Waals surface area contributed by atoms with Crippen LogP contribution in [0.2, 0.25) is 0 Å². The van der Waals surface area contributed by atoms with Crippen molar-refractivity contribution in [2.24, 2.45) is 17.8 Å². The second-order valence-electron chi connectivity index (χ2n) is 10.4. The van der Waals surface area contributed by atoms with Gasteiger partial charge in [0.15, 0.2) is 5.78 Å². The van der Waals surface area contributed by atoms with Crippen molar-refractivity contribution in [2.45, 2.75) is 55.0 Å². The molecule has 0 aliphatic heterocycles. The Hall–Kier alpha value is -3.28. The van der Waals surface area contributed by atoms with Crippen molar-refractivity contribution in [1.29, 1.82) is 0 Å². The van der Waals surface area contributed by atoms with E-state index in [2.05, 4.69) is 41.5 Å². The zero-order valence-electron chi connectivity index (χ0n) is 22.6. The number of hydrogen-bond acceptors (Lipinski definition) is 5. The van der Waals surface area contributed by atoms with Crippen LogP contribution in [0.5, 0.6) is 11.5 Å². The summed E-state index contributed by atoms with van der Waals surface area (Å²) in [5.74, 6) is 1.74. The van der Waals surface area contributed by atoms with Crippen LogP contribution in [0.3, 0.4) is 0 Å². The number of esters is 1. The van der Waals surface area contributed by atoms with Crippen molar-refractivity contribution in [3.8, 4) is 11.5 Å². The van der Waals surface area contributed by atoms with Gasteiger partial charge in [-0.25, -0.2) is 4.79 Å². The second-order valence-corrected chi connectivity index (χ2v) is 10.4. The molecule has 0 unspecified atom stereocenters. The molecule has 6 nitrogen and oxygen atoms in total. The molecular formula is C30H39NO5. The van der Waals surface area contributed by atoms with Crippen molar-refractivity contribution < 1.29 is 23.8 Å². The van der Waals surface area contributed by atoms with E-state index in [1.165, 1.54) is 0 Å². The molecule has 0 atom stereocenters. The summed E-state index contributed by atoms with van der Waals surface area (Å²) in [7, 11) is 0. The number of carbonyl (C=O) groups is 2. The average molecular weight is 494 g/mol. The highest BCUT2D eigenvalue weighted by molar-refractivity contribution is 6.12. The summed E-state index contributed by atoms with van der Waals surface area (Å²) < 4.78 is 19.2. The van der Waals surface area contributed by atoms with Crippen LogP contribution in [-0.2, 0) is 11.3 Å². The molecule has 3 aromatic rings. The Labute approximate surface area is 214 Å². The zero-order valence-corrected chi connectivity index (χ0v) is 22.6. The molecule has 0 aliphatic rings. The molecule has 1 aromatic heterocycles. The van der Waals surface area contributed by atoms with E-state index in [-0.39, 0.29) is 11.8 Å². The number of ketones is 1. The first-order valence-electron chi connectivity index (χ1n) is 12.8. The van der Waals surface area contributed by atoms with Crippen molar-refractivity contribution in [1.82, 2.24) is 4.57 Å². The monoisotopic (exact) mass is 493 g/mol. The summed E-state index contributed by atoms with van der Waals surface area (Å²) in [6.45, 7) is 16.4.